The Morgan fingerprint density at radius 2 is 2.07 bits per heavy atom. The van der Waals surface area contributed by atoms with E-state index in [4.69, 9.17) is 30.2 Å². The third-order valence-electron chi connectivity index (χ3n) is 4.80. The van der Waals surface area contributed by atoms with E-state index in [0.29, 0.717) is 26.3 Å². The van der Waals surface area contributed by atoms with Gasteiger partial charge in [0.25, 0.3) is 5.82 Å². The number of nitrogens with zero attached hydrogens (tertiary/aromatic N) is 2. The first kappa shape index (κ1) is 20.0. The van der Waals surface area contributed by atoms with Crippen molar-refractivity contribution in [2.24, 2.45) is 5.73 Å². The number of ether oxygens (including phenoxy) is 3. The van der Waals surface area contributed by atoms with Crippen molar-refractivity contribution < 1.29 is 29.0 Å². The van der Waals surface area contributed by atoms with Crippen LogP contribution in [0.5, 0.6) is 5.75 Å². The van der Waals surface area contributed by atoms with E-state index in [1.807, 2.05) is 18.2 Å². The monoisotopic (exact) mass is 380 g/mol. The van der Waals surface area contributed by atoms with Crippen molar-refractivity contribution in [1.82, 2.24) is 4.57 Å². The van der Waals surface area contributed by atoms with Crippen LogP contribution in [0.2, 0.25) is 0 Å². The van der Waals surface area contributed by atoms with Gasteiger partial charge in [0.15, 0.2) is 11.0 Å². The van der Waals surface area contributed by atoms with E-state index in [0.717, 1.165) is 48.6 Å². The maximum absolute atomic E-state index is 9.01. The van der Waals surface area contributed by atoms with Crippen LogP contribution < -0.4 is 15.0 Å². The largest absolute Gasteiger partial charge is 0.491 e. The minimum atomic E-state index is -0.0226. The number of imidazole rings is 1. The van der Waals surface area contributed by atoms with Gasteiger partial charge in [-0.05, 0) is 25.0 Å². The Kier molecular flexibility index (Phi) is 7.42. The molecular weight excluding hydrogens is 350 g/mol. The van der Waals surface area contributed by atoms with Crippen molar-refractivity contribution in [3.05, 3.63) is 24.0 Å². The van der Waals surface area contributed by atoms with E-state index in [-0.39, 0.29) is 25.9 Å². The summed E-state index contributed by atoms with van der Waals surface area (Å²) in [6.07, 6.45) is 2.32. The Morgan fingerprint density at radius 3 is 2.78 bits per heavy atom. The van der Waals surface area contributed by atoms with E-state index in [2.05, 4.69) is 9.13 Å². The average molecular weight is 380 g/mol. The molecule has 1 atom stereocenters. The lowest BCUT2D eigenvalue weighted by atomic mass is 10.2. The molecule has 0 unspecified atom stereocenters. The van der Waals surface area contributed by atoms with Crippen LogP contribution in [0.15, 0.2) is 18.2 Å². The van der Waals surface area contributed by atoms with Gasteiger partial charge < -0.3 is 30.2 Å². The first-order valence-electron chi connectivity index (χ1n) is 9.57. The van der Waals surface area contributed by atoms with Crippen LogP contribution in [-0.2, 0) is 29.1 Å². The highest BCUT2D eigenvalue weighted by Gasteiger charge is 2.28. The Bertz CT molecular complexity index is 728. The quantitative estimate of drug-likeness (QED) is 0.373. The first-order chi connectivity index (χ1) is 13.3. The molecule has 8 nitrogen and oxygen atoms in total. The van der Waals surface area contributed by atoms with Gasteiger partial charge in [-0.1, -0.05) is 0 Å². The highest BCUT2D eigenvalue weighted by atomic mass is 16.5. The molecule has 1 fully saturated rings. The maximum Gasteiger partial charge on any atom is 0.271 e. The fraction of sp³-hybridized carbons (Fsp3) is 0.632. The normalized spacial score (nSPS) is 17.1. The number of nitrogens with two attached hydrogens (primary N) is 1. The van der Waals surface area contributed by atoms with Crippen molar-refractivity contribution in [1.29, 1.82) is 0 Å². The second kappa shape index (κ2) is 10.0. The van der Waals surface area contributed by atoms with Gasteiger partial charge in [-0.2, -0.15) is 0 Å². The number of aliphatic hydroxyl groups is 2. The summed E-state index contributed by atoms with van der Waals surface area (Å²) >= 11 is 0. The SMILES string of the molecule is NCc1n(C[C@@H]2CCCO2)c2cc(OCCO)ccc2[n+]1CCOCCO. The fourth-order valence-corrected chi connectivity index (χ4v) is 3.61. The van der Waals surface area contributed by atoms with E-state index >= 15 is 0 Å². The highest BCUT2D eigenvalue weighted by Crippen LogP contribution is 2.24. The van der Waals surface area contributed by atoms with E-state index in [1.165, 1.54) is 0 Å². The minimum absolute atomic E-state index is 0.0146. The summed E-state index contributed by atoms with van der Waals surface area (Å²) in [7, 11) is 0. The third-order valence-corrected chi connectivity index (χ3v) is 4.80. The zero-order chi connectivity index (χ0) is 19.1. The van der Waals surface area contributed by atoms with E-state index in [1.54, 1.807) is 0 Å². The van der Waals surface area contributed by atoms with Crippen molar-refractivity contribution >= 4 is 11.0 Å². The molecule has 0 amide bonds. The van der Waals surface area contributed by atoms with Gasteiger partial charge >= 0.3 is 0 Å². The molecule has 0 radical (unpaired) electrons. The van der Waals surface area contributed by atoms with Gasteiger partial charge in [-0.25, -0.2) is 9.13 Å². The number of aliphatic hydroxyl groups excluding tert-OH is 2. The Morgan fingerprint density at radius 1 is 1.22 bits per heavy atom. The number of hydrogen-bond donors (Lipinski definition) is 3. The number of hydrogen-bond acceptors (Lipinski definition) is 6. The van der Waals surface area contributed by atoms with Crippen LogP contribution in [0.1, 0.15) is 18.7 Å². The number of fused-ring (bicyclic) bond motifs is 1. The van der Waals surface area contributed by atoms with Crippen LogP contribution in [0.3, 0.4) is 0 Å². The zero-order valence-corrected chi connectivity index (χ0v) is 15.7. The molecule has 4 N–H and O–H groups in total. The maximum atomic E-state index is 9.01. The number of aromatic nitrogens is 2. The lowest BCUT2D eigenvalue weighted by Gasteiger charge is -2.09. The Balaban J connectivity index is 1.95. The molecule has 27 heavy (non-hydrogen) atoms. The number of rotatable bonds is 11. The van der Waals surface area contributed by atoms with E-state index in [9.17, 15) is 0 Å². The molecule has 1 aliphatic heterocycles. The summed E-state index contributed by atoms with van der Waals surface area (Å²) in [4.78, 5) is 0. The molecule has 150 valence electrons. The van der Waals surface area contributed by atoms with Crippen molar-refractivity contribution in [3.63, 3.8) is 0 Å². The van der Waals surface area contributed by atoms with Gasteiger partial charge in [-0.15, -0.1) is 0 Å². The fourth-order valence-electron chi connectivity index (χ4n) is 3.61. The van der Waals surface area contributed by atoms with Crippen molar-refractivity contribution in [2.75, 3.05) is 39.6 Å². The minimum Gasteiger partial charge on any atom is -0.491 e. The summed E-state index contributed by atoms with van der Waals surface area (Å²) < 4.78 is 21.3. The van der Waals surface area contributed by atoms with Crippen LogP contribution in [0.25, 0.3) is 11.0 Å². The molecule has 3 rings (SSSR count). The van der Waals surface area contributed by atoms with Gasteiger partial charge in [0.2, 0.25) is 0 Å². The summed E-state index contributed by atoms with van der Waals surface area (Å²) in [5.41, 5.74) is 8.19. The molecule has 1 saturated heterocycles. The molecule has 1 aliphatic rings. The number of benzene rings is 1. The highest BCUT2D eigenvalue weighted by molar-refractivity contribution is 5.74. The third kappa shape index (κ3) is 4.77. The second-order valence-corrected chi connectivity index (χ2v) is 6.58. The molecule has 1 aromatic heterocycles. The lowest BCUT2D eigenvalue weighted by Crippen LogP contribution is -2.41. The molecular formula is C19H30N3O5+. The molecule has 0 aliphatic carbocycles. The van der Waals surface area contributed by atoms with Crippen LogP contribution in [0.4, 0.5) is 0 Å². The first-order valence-corrected chi connectivity index (χ1v) is 9.57. The molecule has 2 heterocycles. The summed E-state index contributed by atoms with van der Waals surface area (Å²) in [6, 6.07) is 5.91. The van der Waals surface area contributed by atoms with Crippen molar-refractivity contribution in [3.8, 4) is 5.75 Å². The molecule has 2 aromatic rings. The predicted molar refractivity (Wildman–Crippen MR) is 99.5 cm³/mol. The van der Waals surface area contributed by atoms with Gasteiger partial charge in [-0.3, -0.25) is 0 Å². The zero-order valence-electron chi connectivity index (χ0n) is 15.7. The molecule has 8 heteroatoms. The lowest BCUT2D eigenvalue weighted by molar-refractivity contribution is -0.681. The van der Waals surface area contributed by atoms with Gasteiger partial charge in [0.1, 0.15) is 25.4 Å². The van der Waals surface area contributed by atoms with Crippen molar-refractivity contribution in [2.45, 2.75) is 38.6 Å². The predicted octanol–water partition coefficient (Wildman–Crippen LogP) is -0.0535. The molecule has 1 aromatic carbocycles. The molecule has 0 bridgehead atoms. The van der Waals surface area contributed by atoms with Crippen LogP contribution >= 0.6 is 0 Å². The Hall–Kier alpha value is -1.71. The van der Waals surface area contributed by atoms with Gasteiger partial charge in [0.05, 0.1) is 39.1 Å². The summed E-state index contributed by atoms with van der Waals surface area (Å²) in [5, 5.41) is 17.9. The molecule has 0 spiro atoms. The topological polar surface area (TPSA) is 103 Å². The smallest absolute Gasteiger partial charge is 0.271 e. The summed E-state index contributed by atoms with van der Waals surface area (Å²) in [5.74, 6) is 1.72. The second-order valence-electron chi connectivity index (χ2n) is 6.58. The Labute approximate surface area is 159 Å². The van der Waals surface area contributed by atoms with Gasteiger partial charge in [0, 0.05) is 12.7 Å². The standard InChI is InChI=1S/C19H30N3O5/c20-13-19-21(5-9-25-10-6-23)17-4-3-15(27-11-7-24)12-18(17)22(19)14-16-2-1-8-26-16/h3-4,12,16,23-24H,1-2,5-11,13-14,20H2/q+1/t16-/m0/s1. The van der Waals surface area contributed by atoms with Crippen LogP contribution in [0, 0.1) is 0 Å². The van der Waals surface area contributed by atoms with Crippen LogP contribution in [-0.4, -0.2) is 60.5 Å². The summed E-state index contributed by atoms with van der Waals surface area (Å²) in [6.45, 7) is 3.68. The van der Waals surface area contributed by atoms with E-state index < -0.39 is 0 Å². The average Bonchev–Trinajstić information content (AvgIpc) is 3.30. The molecule has 0 saturated carbocycles.